The lowest BCUT2D eigenvalue weighted by molar-refractivity contribution is -0.132. The summed E-state index contributed by atoms with van der Waals surface area (Å²) in [6.45, 7) is 0.661. The molecular weight excluding hydrogens is 298 g/mol. The standard InChI is InChI=1S/C13H23N3O2S.ClH/c14-6-11(10-4-2-1-3-5-10)15-12(17)7-16-9-19-8-13(16)18;/h10-11H,1-9,14H2,(H,15,17);1H. The summed E-state index contributed by atoms with van der Waals surface area (Å²) in [5, 5.41) is 3.02. The summed E-state index contributed by atoms with van der Waals surface area (Å²) in [5.74, 6) is 1.62. The predicted octanol–water partition coefficient (Wildman–Crippen LogP) is 0.965. The first-order valence-corrected chi connectivity index (χ1v) is 8.21. The molecule has 1 aliphatic carbocycles. The van der Waals surface area contributed by atoms with Gasteiger partial charge in [-0.3, -0.25) is 9.59 Å². The third-order valence-electron chi connectivity index (χ3n) is 3.98. The molecule has 7 heteroatoms. The Bertz CT molecular complexity index is 338. The molecule has 0 aromatic carbocycles. The minimum atomic E-state index is -0.0723. The van der Waals surface area contributed by atoms with Gasteiger partial charge in [0.15, 0.2) is 0 Å². The molecule has 0 radical (unpaired) electrons. The van der Waals surface area contributed by atoms with Gasteiger partial charge in [-0.25, -0.2) is 0 Å². The SMILES string of the molecule is Cl.NCC(NC(=O)CN1CSCC1=O)C1CCCCC1. The van der Waals surface area contributed by atoms with Gasteiger partial charge >= 0.3 is 0 Å². The first-order chi connectivity index (χ1) is 9.20. The lowest BCUT2D eigenvalue weighted by Gasteiger charge is -2.30. The summed E-state index contributed by atoms with van der Waals surface area (Å²) in [4.78, 5) is 25.1. The van der Waals surface area contributed by atoms with E-state index in [0.717, 1.165) is 12.8 Å². The van der Waals surface area contributed by atoms with Crippen molar-refractivity contribution in [1.29, 1.82) is 0 Å². The van der Waals surface area contributed by atoms with Crippen molar-refractivity contribution in [3.05, 3.63) is 0 Å². The van der Waals surface area contributed by atoms with Crippen LogP contribution in [0.4, 0.5) is 0 Å². The Kier molecular flexibility index (Phi) is 7.69. The van der Waals surface area contributed by atoms with Gasteiger partial charge in [-0.15, -0.1) is 24.2 Å². The van der Waals surface area contributed by atoms with E-state index in [4.69, 9.17) is 5.73 Å². The van der Waals surface area contributed by atoms with Crippen LogP contribution in [-0.4, -0.2) is 47.5 Å². The minimum Gasteiger partial charge on any atom is -0.350 e. The zero-order chi connectivity index (χ0) is 13.7. The van der Waals surface area contributed by atoms with E-state index in [1.807, 2.05) is 0 Å². The van der Waals surface area contributed by atoms with E-state index in [9.17, 15) is 9.59 Å². The van der Waals surface area contributed by atoms with Gasteiger partial charge in [-0.2, -0.15) is 0 Å². The molecule has 3 N–H and O–H groups in total. The van der Waals surface area contributed by atoms with Crippen LogP contribution in [0.5, 0.6) is 0 Å². The Morgan fingerprint density at radius 2 is 2.10 bits per heavy atom. The number of carbonyl (C=O) groups excluding carboxylic acids is 2. The minimum absolute atomic E-state index is 0. The van der Waals surface area contributed by atoms with Crippen LogP contribution in [0.15, 0.2) is 0 Å². The lowest BCUT2D eigenvalue weighted by atomic mass is 9.84. The number of carbonyl (C=O) groups is 2. The molecule has 2 aliphatic rings. The molecule has 0 aromatic heterocycles. The van der Waals surface area contributed by atoms with Crippen molar-refractivity contribution in [3.63, 3.8) is 0 Å². The second kappa shape index (κ2) is 8.74. The first kappa shape index (κ1) is 17.6. The molecule has 2 amide bonds. The van der Waals surface area contributed by atoms with Gasteiger partial charge in [0.25, 0.3) is 0 Å². The molecule has 116 valence electrons. The predicted molar refractivity (Wildman–Crippen MR) is 83.8 cm³/mol. The Labute approximate surface area is 130 Å². The molecule has 5 nitrogen and oxygen atoms in total. The molecule has 0 aromatic rings. The van der Waals surface area contributed by atoms with Gasteiger partial charge in [-0.1, -0.05) is 19.3 Å². The second-order valence-electron chi connectivity index (χ2n) is 5.38. The average molecular weight is 322 g/mol. The number of nitrogens with zero attached hydrogens (tertiary/aromatic N) is 1. The molecule has 20 heavy (non-hydrogen) atoms. The Morgan fingerprint density at radius 3 is 2.65 bits per heavy atom. The number of nitrogens with two attached hydrogens (primary N) is 1. The van der Waals surface area contributed by atoms with Gasteiger partial charge in [0.1, 0.15) is 6.54 Å². The Balaban J connectivity index is 0.00000200. The number of nitrogens with one attached hydrogen (secondary N) is 1. The number of hydrogen-bond acceptors (Lipinski definition) is 4. The van der Waals surface area contributed by atoms with E-state index in [1.54, 1.807) is 16.7 Å². The number of rotatable bonds is 5. The number of hydrogen-bond donors (Lipinski definition) is 2. The van der Waals surface area contributed by atoms with Crippen LogP contribution in [0.2, 0.25) is 0 Å². The van der Waals surface area contributed by atoms with Crippen LogP contribution in [-0.2, 0) is 9.59 Å². The maximum atomic E-state index is 12.0. The van der Waals surface area contributed by atoms with Gasteiger partial charge in [0.2, 0.25) is 11.8 Å². The average Bonchev–Trinajstić information content (AvgIpc) is 2.82. The van der Waals surface area contributed by atoms with Crippen molar-refractivity contribution in [1.82, 2.24) is 10.2 Å². The van der Waals surface area contributed by atoms with E-state index in [1.165, 1.54) is 19.3 Å². The fourth-order valence-corrected chi connectivity index (χ4v) is 3.78. The van der Waals surface area contributed by atoms with Crippen molar-refractivity contribution < 1.29 is 9.59 Å². The maximum Gasteiger partial charge on any atom is 0.239 e. The van der Waals surface area contributed by atoms with Gasteiger partial charge < -0.3 is 16.0 Å². The van der Waals surface area contributed by atoms with Gasteiger partial charge in [-0.05, 0) is 18.8 Å². The molecule has 0 spiro atoms. The molecule has 1 heterocycles. The molecule has 0 bridgehead atoms. The van der Waals surface area contributed by atoms with Crippen molar-refractivity contribution in [3.8, 4) is 0 Å². The summed E-state index contributed by atoms with van der Waals surface area (Å²) in [6, 6.07) is 0.0677. The topological polar surface area (TPSA) is 75.4 Å². The van der Waals surface area contributed by atoms with Crippen LogP contribution in [0.25, 0.3) is 0 Å². The molecule has 2 rings (SSSR count). The highest BCUT2D eigenvalue weighted by Gasteiger charge is 2.27. The Hall–Kier alpha value is -0.460. The van der Waals surface area contributed by atoms with Gasteiger partial charge in [0.05, 0.1) is 11.6 Å². The third-order valence-corrected chi connectivity index (χ3v) is 4.92. The zero-order valence-corrected chi connectivity index (χ0v) is 13.3. The van der Waals surface area contributed by atoms with Gasteiger partial charge in [0, 0.05) is 12.6 Å². The molecular formula is C13H24ClN3O2S. The van der Waals surface area contributed by atoms with Crippen LogP contribution in [0, 0.1) is 5.92 Å². The van der Waals surface area contributed by atoms with E-state index in [0.29, 0.717) is 24.1 Å². The molecule has 1 saturated heterocycles. The van der Waals surface area contributed by atoms with Crippen LogP contribution < -0.4 is 11.1 Å². The smallest absolute Gasteiger partial charge is 0.239 e. The van der Waals surface area contributed by atoms with Crippen molar-refractivity contribution in [2.75, 3.05) is 24.7 Å². The molecule has 1 saturated carbocycles. The highest BCUT2D eigenvalue weighted by atomic mass is 35.5. The van der Waals surface area contributed by atoms with Crippen LogP contribution in [0.1, 0.15) is 32.1 Å². The molecule has 1 atom stereocenters. The molecule has 2 fully saturated rings. The van der Waals surface area contributed by atoms with Crippen molar-refractivity contribution >= 4 is 36.0 Å². The quantitative estimate of drug-likeness (QED) is 0.791. The second-order valence-corrected chi connectivity index (χ2v) is 6.33. The number of thioether (sulfide) groups is 1. The lowest BCUT2D eigenvalue weighted by Crippen LogP contribution is -2.49. The largest absolute Gasteiger partial charge is 0.350 e. The van der Waals surface area contributed by atoms with Crippen molar-refractivity contribution in [2.45, 2.75) is 38.1 Å². The van der Waals surface area contributed by atoms with E-state index >= 15 is 0 Å². The summed E-state index contributed by atoms with van der Waals surface area (Å²) in [5.41, 5.74) is 5.79. The number of halogens is 1. The summed E-state index contributed by atoms with van der Waals surface area (Å²) >= 11 is 1.56. The van der Waals surface area contributed by atoms with Crippen molar-refractivity contribution in [2.24, 2.45) is 11.7 Å². The molecule has 1 aliphatic heterocycles. The monoisotopic (exact) mass is 321 g/mol. The fraction of sp³-hybridized carbons (Fsp3) is 0.846. The Morgan fingerprint density at radius 1 is 1.40 bits per heavy atom. The summed E-state index contributed by atoms with van der Waals surface area (Å²) in [7, 11) is 0. The first-order valence-electron chi connectivity index (χ1n) is 7.05. The third kappa shape index (κ3) is 4.82. The van der Waals surface area contributed by atoms with E-state index in [-0.39, 0.29) is 36.8 Å². The fourth-order valence-electron chi connectivity index (χ4n) is 2.87. The van der Waals surface area contributed by atoms with E-state index < -0.39 is 0 Å². The summed E-state index contributed by atoms with van der Waals surface area (Å²) < 4.78 is 0. The van der Waals surface area contributed by atoms with Crippen LogP contribution >= 0.6 is 24.2 Å². The van der Waals surface area contributed by atoms with E-state index in [2.05, 4.69) is 5.32 Å². The van der Waals surface area contributed by atoms with Crippen LogP contribution in [0.3, 0.4) is 0 Å². The highest BCUT2D eigenvalue weighted by molar-refractivity contribution is 8.00. The number of amides is 2. The zero-order valence-electron chi connectivity index (χ0n) is 11.7. The maximum absolute atomic E-state index is 12.0. The highest BCUT2D eigenvalue weighted by Crippen LogP contribution is 2.26. The molecule has 1 unspecified atom stereocenters. The summed E-state index contributed by atoms with van der Waals surface area (Å²) in [6.07, 6.45) is 6.07. The normalized spacial score (nSPS) is 21.4.